The molecular formula is C22H37IN4O2. The molecule has 29 heavy (non-hydrogen) atoms. The first-order chi connectivity index (χ1) is 13.6. The van der Waals surface area contributed by atoms with Crippen LogP contribution >= 0.6 is 24.0 Å². The number of guanidine groups is 1. The number of ether oxygens (including phenoxy) is 1. The molecule has 0 spiro atoms. The van der Waals surface area contributed by atoms with Crippen molar-refractivity contribution < 1.29 is 9.53 Å². The van der Waals surface area contributed by atoms with Gasteiger partial charge in [-0.3, -0.25) is 4.79 Å². The lowest BCUT2D eigenvalue weighted by Gasteiger charge is -2.17. The van der Waals surface area contributed by atoms with Crippen molar-refractivity contribution in [3.63, 3.8) is 0 Å². The highest BCUT2D eigenvalue weighted by atomic mass is 127. The van der Waals surface area contributed by atoms with Crippen LogP contribution in [0.5, 0.6) is 5.75 Å². The standard InChI is InChI=1S/C22H36N4O2.HI/c1-4-6-7-9-17(3)25-22(23-5-2)24-15-18-10-8-11-20(14-18)28-16-21(27)26-19-12-13-19;/h8,10-11,14,17,19H,4-7,9,12-13,15-16H2,1-3H3,(H,26,27)(H2,23,24,25);1H. The molecule has 1 unspecified atom stereocenters. The number of hydrogen-bond donors (Lipinski definition) is 3. The summed E-state index contributed by atoms with van der Waals surface area (Å²) in [5.74, 6) is 1.48. The number of aliphatic imine (C=N–C) groups is 1. The minimum absolute atomic E-state index is 0. The van der Waals surface area contributed by atoms with Crippen LogP contribution in [0.25, 0.3) is 0 Å². The van der Waals surface area contributed by atoms with Gasteiger partial charge >= 0.3 is 0 Å². The minimum atomic E-state index is -0.0541. The molecular weight excluding hydrogens is 479 g/mol. The maximum Gasteiger partial charge on any atom is 0.258 e. The first kappa shape index (κ1) is 25.5. The van der Waals surface area contributed by atoms with Gasteiger partial charge in [0, 0.05) is 18.6 Å². The van der Waals surface area contributed by atoms with Gasteiger partial charge in [-0.2, -0.15) is 0 Å². The highest BCUT2D eigenvalue weighted by molar-refractivity contribution is 14.0. The Labute approximate surface area is 192 Å². The van der Waals surface area contributed by atoms with Gasteiger partial charge in [0.05, 0.1) is 6.54 Å². The molecule has 1 fully saturated rings. The van der Waals surface area contributed by atoms with Crippen LogP contribution in [0.2, 0.25) is 0 Å². The average molecular weight is 516 g/mol. The minimum Gasteiger partial charge on any atom is -0.484 e. The van der Waals surface area contributed by atoms with Crippen LogP contribution in [0.1, 0.15) is 64.9 Å². The van der Waals surface area contributed by atoms with Gasteiger partial charge in [0.1, 0.15) is 5.75 Å². The summed E-state index contributed by atoms with van der Waals surface area (Å²) in [6.07, 6.45) is 7.05. The molecule has 1 aliphatic carbocycles. The van der Waals surface area contributed by atoms with E-state index in [4.69, 9.17) is 9.73 Å². The van der Waals surface area contributed by atoms with Crippen molar-refractivity contribution in [2.45, 2.75) is 77.9 Å². The van der Waals surface area contributed by atoms with Crippen molar-refractivity contribution in [2.75, 3.05) is 13.2 Å². The monoisotopic (exact) mass is 516 g/mol. The molecule has 6 nitrogen and oxygen atoms in total. The van der Waals surface area contributed by atoms with E-state index in [0.717, 1.165) is 37.3 Å². The summed E-state index contributed by atoms with van der Waals surface area (Å²) < 4.78 is 5.62. The van der Waals surface area contributed by atoms with Gasteiger partial charge in [-0.1, -0.05) is 38.3 Å². The number of rotatable bonds is 12. The first-order valence-corrected chi connectivity index (χ1v) is 10.7. The summed E-state index contributed by atoms with van der Waals surface area (Å²) in [5.41, 5.74) is 1.05. The molecule has 0 bridgehead atoms. The second-order valence-electron chi connectivity index (χ2n) is 7.51. The quantitative estimate of drug-likeness (QED) is 0.170. The molecule has 1 atom stereocenters. The number of nitrogens with one attached hydrogen (secondary N) is 3. The molecule has 0 aliphatic heterocycles. The van der Waals surface area contributed by atoms with Crippen molar-refractivity contribution in [2.24, 2.45) is 4.99 Å². The van der Waals surface area contributed by atoms with Crippen LogP contribution in [-0.4, -0.2) is 37.1 Å². The Morgan fingerprint density at radius 3 is 2.76 bits per heavy atom. The van der Waals surface area contributed by atoms with E-state index in [2.05, 4.69) is 36.7 Å². The zero-order chi connectivity index (χ0) is 20.2. The summed E-state index contributed by atoms with van der Waals surface area (Å²) in [6.45, 7) is 7.93. The fraction of sp³-hybridized carbons (Fsp3) is 0.636. The zero-order valence-corrected chi connectivity index (χ0v) is 20.3. The molecule has 0 heterocycles. The van der Waals surface area contributed by atoms with E-state index in [-0.39, 0.29) is 36.5 Å². The number of benzene rings is 1. The zero-order valence-electron chi connectivity index (χ0n) is 18.0. The highest BCUT2D eigenvalue weighted by Gasteiger charge is 2.23. The third-order valence-electron chi connectivity index (χ3n) is 4.60. The predicted molar refractivity (Wildman–Crippen MR) is 130 cm³/mol. The molecule has 1 aliphatic rings. The summed E-state index contributed by atoms with van der Waals surface area (Å²) in [7, 11) is 0. The maximum absolute atomic E-state index is 11.8. The molecule has 0 aromatic heterocycles. The van der Waals surface area contributed by atoms with E-state index in [1.165, 1.54) is 19.3 Å². The number of carbonyl (C=O) groups excluding carboxylic acids is 1. The van der Waals surface area contributed by atoms with E-state index < -0.39 is 0 Å². The molecule has 0 radical (unpaired) electrons. The van der Waals surface area contributed by atoms with Crippen molar-refractivity contribution in [3.8, 4) is 5.75 Å². The van der Waals surface area contributed by atoms with Gasteiger partial charge in [-0.05, 0) is 50.8 Å². The van der Waals surface area contributed by atoms with Gasteiger partial charge in [-0.15, -0.1) is 24.0 Å². The van der Waals surface area contributed by atoms with E-state index in [0.29, 0.717) is 24.4 Å². The summed E-state index contributed by atoms with van der Waals surface area (Å²) in [5, 5.41) is 9.72. The summed E-state index contributed by atoms with van der Waals surface area (Å²) in [4.78, 5) is 16.5. The Kier molecular flexibility index (Phi) is 12.7. The van der Waals surface area contributed by atoms with Crippen molar-refractivity contribution in [1.29, 1.82) is 0 Å². The van der Waals surface area contributed by atoms with E-state index in [1.54, 1.807) is 0 Å². The summed E-state index contributed by atoms with van der Waals surface area (Å²) >= 11 is 0. The van der Waals surface area contributed by atoms with Gasteiger partial charge in [0.15, 0.2) is 12.6 Å². The van der Waals surface area contributed by atoms with E-state index in [9.17, 15) is 4.79 Å². The van der Waals surface area contributed by atoms with Crippen LogP contribution in [0.3, 0.4) is 0 Å². The van der Waals surface area contributed by atoms with Crippen LogP contribution in [0, 0.1) is 0 Å². The largest absolute Gasteiger partial charge is 0.484 e. The molecule has 3 N–H and O–H groups in total. The molecule has 1 aromatic carbocycles. The Morgan fingerprint density at radius 2 is 2.07 bits per heavy atom. The smallest absolute Gasteiger partial charge is 0.258 e. The van der Waals surface area contributed by atoms with Crippen molar-refractivity contribution in [1.82, 2.24) is 16.0 Å². The van der Waals surface area contributed by atoms with Crippen LogP contribution in [0.4, 0.5) is 0 Å². The van der Waals surface area contributed by atoms with Crippen molar-refractivity contribution in [3.05, 3.63) is 29.8 Å². The van der Waals surface area contributed by atoms with Crippen molar-refractivity contribution >= 4 is 35.8 Å². The van der Waals surface area contributed by atoms with Gasteiger partial charge < -0.3 is 20.7 Å². The lowest BCUT2D eigenvalue weighted by molar-refractivity contribution is -0.123. The molecule has 1 saturated carbocycles. The number of nitrogens with zero attached hydrogens (tertiary/aromatic N) is 1. The second-order valence-corrected chi connectivity index (χ2v) is 7.51. The fourth-order valence-electron chi connectivity index (χ4n) is 2.88. The lowest BCUT2D eigenvalue weighted by atomic mass is 10.1. The third kappa shape index (κ3) is 11.3. The average Bonchev–Trinajstić information content (AvgIpc) is 3.49. The molecule has 0 saturated heterocycles. The molecule has 164 valence electrons. The number of amides is 1. The van der Waals surface area contributed by atoms with Gasteiger partial charge in [0.2, 0.25) is 0 Å². The van der Waals surface area contributed by atoms with Crippen LogP contribution in [0.15, 0.2) is 29.3 Å². The molecule has 2 rings (SSSR count). The Bertz CT molecular complexity index is 635. The molecule has 7 heteroatoms. The van der Waals surface area contributed by atoms with Gasteiger partial charge in [-0.25, -0.2) is 4.99 Å². The van der Waals surface area contributed by atoms with Crippen LogP contribution in [-0.2, 0) is 11.3 Å². The summed E-state index contributed by atoms with van der Waals surface area (Å²) in [6, 6.07) is 8.53. The first-order valence-electron chi connectivity index (χ1n) is 10.7. The lowest BCUT2D eigenvalue weighted by Crippen LogP contribution is -2.42. The topological polar surface area (TPSA) is 74.8 Å². The highest BCUT2D eigenvalue weighted by Crippen LogP contribution is 2.18. The maximum atomic E-state index is 11.8. The third-order valence-corrected chi connectivity index (χ3v) is 4.60. The Balaban J connectivity index is 0.00000420. The van der Waals surface area contributed by atoms with Crippen LogP contribution < -0.4 is 20.7 Å². The normalized spacial score (nSPS) is 14.5. The molecule has 1 aromatic rings. The second kappa shape index (κ2) is 14.5. The SMILES string of the molecule is CCCCCC(C)NC(=NCc1cccc(OCC(=O)NC2CC2)c1)NCC.I. The number of hydrogen-bond acceptors (Lipinski definition) is 3. The fourth-order valence-corrected chi connectivity index (χ4v) is 2.88. The number of carbonyl (C=O) groups is 1. The Morgan fingerprint density at radius 1 is 1.28 bits per heavy atom. The van der Waals surface area contributed by atoms with Gasteiger partial charge in [0.25, 0.3) is 5.91 Å². The molecule has 1 amide bonds. The Hall–Kier alpha value is -1.51. The number of unbranched alkanes of at least 4 members (excludes halogenated alkanes) is 2. The van der Waals surface area contributed by atoms with E-state index in [1.807, 2.05) is 24.3 Å². The van der Waals surface area contributed by atoms with E-state index >= 15 is 0 Å². The predicted octanol–water partition coefficient (Wildman–Crippen LogP) is 3.99. The number of halogens is 1.